The molecule has 0 bridgehead atoms. The maximum Gasteiger partial charge on any atom is 1.00 e. The Morgan fingerprint density at radius 2 is 1.50 bits per heavy atom. The molecule has 0 rings (SSSR count). The van der Waals surface area contributed by atoms with Gasteiger partial charge in [-0.05, 0) is 13.8 Å². The van der Waals surface area contributed by atoms with Crippen LogP contribution >= 0.6 is 0 Å². The van der Waals surface area contributed by atoms with Crippen molar-refractivity contribution >= 4 is 10.1 Å². The van der Waals surface area contributed by atoms with E-state index < -0.39 is 15.4 Å². The minimum Gasteiger partial charge on any atom is -0.748 e. The third-order valence-corrected chi connectivity index (χ3v) is 1.73. The minimum absolute atomic E-state index is 0. The fourth-order valence-corrected chi connectivity index (χ4v) is 0. The van der Waals surface area contributed by atoms with Crippen molar-refractivity contribution < 1.29 is 64.4 Å². The van der Waals surface area contributed by atoms with E-state index in [1.807, 2.05) is 0 Å². The van der Waals surface area contributed by atoms with Crippen LogP contribution < -0.4 is 51.4 Å². The summed E-state index contributed by atoms with van der Waals surface area (Å²) in [6.07, 6.45) is 0. The summed E-state index contributed by atoms with van der Waals surface area (Å²) >= 11 is 0. The van der Waals surface area contributed by atoms with Gasteiger partial charge in [-0.15, -0.1) is 0 Å². The van der Waals surface area contributed by atoms with Gasteiger partial charge < -0.3 is 4.55 Å². The molecule has 0 aromatic heterocycles. The predicted octanol–water partition coefficient (Wildman–Crippen LogP) is -3.06. The largest absolute Gasteiger partial charge is 1.00 e. The molecular formula is C3H7KO3S. The molecule has 0 atom stereocenters. The van der Waals surface area contributed by atoms with E-state index in [0.29, 0.717) is 0 Å². The van der Waals surface area contributed by atoms with Gasteiger partial charge in [0.05, 0.1) is 10.1 Å². The average molecular weight is 162 g/mol. The fraction of sp³-hybridized carbons (Fsp3) is 1.00. The van der Waals surface area contributed by atoms with E-state index in [1.54, 1.807) is 0 Å². The number of hydrogen-bond acceptors (Lipinski definition) is 3. The van der Waals surface area contributed by atoms with E-state index in [4.69, 9.17) is 0 Å². The normalized spacial score (nSPS) is 11.0. The molecule has 0 spiro atoms. The Labute approximate surface area is 92.0 Å². The quantitative estimate of drug-likeness (QED) is 0.304. The maximum absolute atomic E-state index is 9.78. The van der Waals surface area contributed by atoms with Crippen LogP contribution in [0.2, 0.25) is 0 Å². The van der Waals surface area contributed by atoms with Crippen molar-refractivity contribution in [3.05, 3.63) is 0 Å². The summed E-state index contributed by atoms with van der Waals surface area (Å²) < 4.78 is 29.3. The van der Waals surface area contributed by atoms with Crippen LogP contribution in [0.5, 0.6) is 0 Å². The SMILES string of the molecule is CC(C)S(=O)(=O)[O-].[K+]. The number of rotatable bonds is 1. The molecule has 0 aliphatic carbocycles. The van der Waals surface area contributed by atoms with Crippen molar-refractivity contribution in [2.24, 2.45) is 0 Å². The molecule has 0 amide bonds. The molecule has 3 nitrogen and oxygen atoms in total. The predicted molar refractivity (Wildman–Crippen MR) is 24.8 cm³/mol. The Balaban J connectivity index is 0. The van der Waals surface area contributed by atoms with Crippen molar-refractivity contribution in [3.63, 3.8) is 0 Å². The Morgan fingerprint density at radius 3 is 1.50 bits per heavy atom. The summed E-state index contributed by atoms with van der Waals surface area (Å²) in [4.78, 5) is 0. The summed E-state index contributed by atoms with van der Waals surface area (Å²) in [6.45, 7) is 2.70. The van der Waals surface area contributed by atoms with Gasteiger partial charge in [-0.3, -0.25) is 0 Å². The van der Waals surface area contributed by atoms with E-state index >= 15 is 0 Å². The van der Waals surface area contributed by atoms with E-state index in [-0.39, 0.29) is 51.4 Å². The van der Waals surface area contributed by atoms with Gasteiger partial charge in [0.2, 0.25) is 0 Å². The molecule has 0 aliphatic rings. The Morgan fingerprint density at radius 1 is 1.38 bits per heavy atom. The van der Waals surface area contributed by atoms with E-state index in [0.717, 1.165) is 0 Å². The first-order valence-electron chi connectivity index (χ1n) is 1.89. The van der Waals surface area contributed by atoms with Gasteiger partial charge in [0.1, 0.15) is 0 Å². The van der Waals surface area contributed by atoms with Gasteiger partial charge in [0, 0.05) is 5.25 Å². The molecule has 44 valence electrons. The molecule has 0 unspecified atom stereocenters. The smallest absolute Gasteiger partial charge is 0.748 e. The monoisotopic (exact) mass is 162 g/mol. The second kappa shape index (κ2) is 4.38. The fourth-order valence-electron chi connectivity index (χ4n) is 0. The summed E-state index contributed by atoms with van der Waals surface area (Å²) in [5.74, 6) is 0. The zero-order valence-corrected chi connectivity index (χ0v) is 9.15. The molecule has 5 heteroatoms. The van der Waals surface area contributed by atoms with Crippen LogP contribution in [-0.2, 0) is 10.1 Å². The van der Waals surface area contributed by atoms with Crippen LogP contribution in [0.4, 0.5) is 0 Å². The van der Waals surface area contributed by atoms with E-state index in [1.165, 1.54) is 13.8 Å². The van der Waals surface area contributed by atoms with Crippen LogP contribution in [-0.4, -0.2) is 18.2 Å². The van der Waals surface area contributed by atoms with E-state index in [2.05, 4.69) is 0 Å². The summed E-state index contributed by atoms with van der Waals surface area (Å²) in [5, 5.41) is -0.785. The zero-order chi connectivity index (χ0) is 6.08. The topological polar surface area (TPSA) is 57.2 Å². The molecule has 0 fully saturated rings. The van der Waals surface area contributed by atoms with Crippen molar-refractivity contribution in [3.8, 4) is 0 Å². The number of hydrogen-bond donors (Lipinski definition) is 0. The Hall–Kier alpha value is 1.55. The molecular weight excluding hydrogens is 155 g/mol. The van der Waals surface area contributed by atoms with Crippen LogP contribution in [0, 0.1) is 0 Å². The van der Waals surface area contributed by atoms with Gasteiger partial charge in [-0.2, -0.15) is 0 Å². The third kappa shape index (κ3) is 5.68. The van der Waals surface area contributed by atoms with Gasteiger partial charge in [0.25, 0.3) is 0 Å². The average Bonchev–Trinajstić information content (AvgIpc) is 1.31. The van der Waals surface area contributed by atoms with Crippen molar-refractivity contribution in [2.45, 2.75) is 19.1 Å². The van der Waals surface area contributed by atoms with Crippen LogP contribution in [0.15, 0.2) is 0 Å². The molecule has 0 N–H and O–H groups in total. The van der Waals surface area contributed by atoms with Crippen molar-refractivity contribution in [1.29, 1.82) is 0 Å². The van der Waals surface area contributed by atoms with Crippen LogP contribution in [0.3, 0.4) is 0 Å². The van der Waals surface area contributed by atoms with Gasteiger partial charge >= 0.3 is 51.4 Å². The van der Waals surface area contributed by atoms with Crippen molar-refractivity contribution in [1.82, 2.24) is 0 Å². The first kappa shape index (κ1) is 12.2. The Bertz CT molecular complexity index is 137. The maximum atomic E-state index is 9.78. The molecule has 0 aromatic carbocycles. The molecule has 0 heterocycles. The molecule has 0 saturated carbocycles. The molecule has 0 aliphatic heterocycles. The molecule has 0 radical (unpaired) electrons. The van der Waals surface area contributed by atoms with Crippen molar-refractivity contribution in [2.75, 3.05) is 0 Å². The van der Waals surface area contributed by atoms with Gasteiger partial charge in [-0.25, -0.2) is 8.42 Å². The first-order valence-corrected chi connectivity index (χ1v) is 3.36. The van der Waals surface area contributed by atoms with Crippen LogP contribution in [0.1, 0.15) is 13.8 Å². The summed E-state index contributed by atoms with van der Waals surface area (Å²) in [7, 11) is -3.99. The van der Waals surface area contributed by atoms with Gasteiger partial charge in [-0.1, -0.05) is 0 Å². The molecule has 8 heavy (non-hydrogen) atoms. The second-order valence-corrected chi connectivity index (χ2v) is 3.47. The summed E-state index contributed by atoms with van der Waals surface area (Å²) in [6, 6.07) is 0. The summed E-state index contributed by atoms with van der Waals surface area (Å²) in [5.41, 5.74) is 0. The first-order chi connectivity index (χ1) is 2.94. The second-order valence-electron chi connectivity index (χ2n) is 1.54. The molecule has 0 aromatic rings. The Kier molecular flexibility index (Phi) is 6.70. The van der Waals surface area contributed by atoms with Crippen LogP contribution in [0.25, 0.3) is 0 Å². The zero-order valence-electron chi connectivity index (χ0n) is 5.21. The standard InChI is InChI=1S/C3H8O3S.K/c1-3(2)7(4,5)6;/h3H,1-2H3,(H,4,5,6);/q;+1/p-1. The third-order valence-electron chi connectivity index (χ3n) is 0.577. The molecule has 0 saturated heterocycles. The minimum atomic E-state index is -3.99. The van der Waals surface area contributed by atoms with Gasteiger partial charge in [0.15, 0.2) is 0 Å². The van der Waals surface area contributed by atoms with E-state index in [9.17, 15) is 13.0 Å².